The first-order valence-corrected chi connectivity index (χ1v) is 9.03. The van der Waals surface area contributed by atoms with E-state index in [0.717, 1.165) is 37.5 Å². The Morgan fingerprint density at radius 2 is 1.92 bits per heavy atom. The van der Waals surface area contributed by atoms with Crippen molar-refractivity contribution in [1.82, 2.24) is 19.7 Å². The molecule has 7 nitrogen and oxygen atoms in total. The molecule has 1 saturated heterocycles. The number of fused-ring (bicyclic) bond motifs is 1. The molecule has 7 heteroatoms. The molecule has 0 unspecified atom stereocenters. The van der Waals surface area contributed by atoms with Crippen LogP contribution < -0.4 is 0 Å². The Bertz CT molecular complexity index is 645. The molecule has 3 rings (SSSR count). The first kappa shape index (κ1) is 17.9. The third-order valence-electron chi connectivity index (χ3n) is 5.00. The topological polar surface area (TPSA) is 69.9 Å². The van der Waals surface area contributed by atoms with Gasteiger partial charge >= 0.3 is 5.91 Å². The average Bonchev–Trinajstić information content (AvgIpc) is 2.96. The minimum Gasteiger partial charge on any atom is -0.437 e. The summed E-state index contributed by atoms with van der Waals surface area (Å²) in [4.78, 5) is 34.6. The largest absolute Gasteiger partial charge is 0.437 e. The summed E-state index contributed by atoms with van der Waals surface area (Å²) >= 11 is 0. The summed E-state index contributed by atoms with van der Waals surface area (Å²) in [6, 6.07) is 0. The standard InChI is InChI=1S/C18H28N4O3/c1-12-7-13(2)9-22(8-12)18(24)17-19-14-10-21(6-5-15(14)25-17)11-16(23)20(3)4/h12-13H,5-11H2,1-4H3/t12-,13+. The molecule has 138 valence electrons. The van der Waals surface area contributed by atoms with Crippen LogP contribution in [0.5, 0.6) is 0 Å². The van der Waals surface area contributed by atoms with E-state index in [4.69, 9.17) is 4.42 Å². The maximum absolute atomic E-state index is 12.8. The van der Waals surface area contributed by atoms with Crippen molar-refractivity contribution in [3.63, 3.8) is 0 Å². The highest BCUT2D eigenvalue weighted by Crippen LogP contribution is 2.24. The molecule has 25 heavy (non-hydrogen) atoms. The summed E-state index contributed by atoms with van der Waals surface area (Å²) in [5.74, 6) is 1.96. The van der Waals surface area contributed by atoms with E-state index in [0.29, 0.717) is 31.3 Å². The lowest BCUT2D eigenvalue weighted by Crippen LogP contribution is -2.42. The summed E-state index contributed by atoms with van der Waals surface area (Å²) in [6.45, 7) is 7.54. The van der Waals surface area contributed by atoms with Gasteiger partial charge in [-0.2, -0.15) is 0 Å². The third-order valence-corrected chi connectivity index (χ3v) is 5.00. The molecule has 0 aliphatic carbocycles. The Kier molecular flexibility index (Phi) is 5.13. The maximum atomic E-state index is 12.8. The molecular weight excluding hydrogens is 320 g/mol. The van der Waals surface area contributed by atoms with Crippen LogP contribution in [0.15, 0.2) is 4.42 Å². The van der Waals surface area contributed by atoms with E-state index >= 15 is 0 Å². The van der Waals surface area contributed by atoms with Crippen LogP contribution in [-0.4, -0.2) is 71.8 Å². The lowest BCUT2D eigenvalue weighted by molar-refractivity contribution is -0.130. The Labute approximate surface area is 149 Å². The van der Waals surface area contributed by atoms with Gasteiger partial charge in [-0.1, -0.05) is 13.8 Å². The van der Waals surface area contributed by atoms with E-state index in [1.165, 1.54) is 0 Å². The van der Waals surface area contributed by atoms with Gasteiger partial charge in [-0.05, 0) is 18.3 Å². The SMILES string of the molecule is C[C@@H]1C[C@H](C)CN(C(=O)c2nc3c(o2)CCN(CC(=O)N(C)C)C3)C1. The Morgan fingerprint density at radius 3 is 2.56 bits per heavy atom. The number of likely N-dealkylation sites (N-methyl/N-ethyl adjacent to an activating group) is 1. The van der Waals surface area contributed by atoms with Crippen molar-refractivity contribution >= 4 is 11.8 Å². The molecule has 0 radical (unpaired) electrons. The van der Waals surface area contributed by atoms with Crippen LogP contribution >= 0.6 is 0 Å². The number of oxazole rings is 1. The summed E-state index contributed by atoms with van der Waals surface area (Å²) in [5, 5.41) is 0. The molecule has 1 fully saturated rings. The zero-order valence-corrected chi connectivity index (χ0v) is 15.6. The molecule has 1 aromatic rings. The molecule has 3 heterocycles. The van der Waals surface area contributed by atoms with Crippen molar-refractivity contribution in [3.8, 4) is 0 Å². The van der Waals surface area contributed by atoms with Gasteiger partial charge in [-0.3, -0.25) is 14.5 Å². The highest BCUT2D eigenvalue weighted by molar-refractivity contribution is 5.89. The Hall–Kier alpha value is -1.89. The first-order valence-electron chi connectivity index (χ1n) is 9.03. The maximum Gasteiger partial charge on any atom is 0.309 e. The second-order valence-electron chi connectivity index (χ2n) is 7.79. The zero-order valence-electron chi connectivity index (χ0n) is 15.6. The van der Waals surface area contributed by atoms with Crippen molar-refractivity contribution in [2.24, 2.45) is 11.8 Å². The van der Waals surface area contributed by atoms with Gasteiger partial charge in [-0.25, -0.2) is 4.98 Å². The summed E-state index contributed by atoms with van der Waals surface area (Å²) in [6.07, 6.45) is 1.84. The molecule has 2 aliphatic heterocycles. The molecule has 0 spiro atoms. The predicted octanol–water partition coefficient (Wildman–Crippen LogP) is 1.24. The number of hydrogen-bond donors (Lipinski definition) is 0. The monoisotopic (exact) mass is 348 g/mol. The number of piperidine rings is 1. The van der Waals surface area contributed by atoms with Crippen molar-refractivity contribution in [1.29, 1.82) is 0 Å². The number of likely N-dealkylation sites (tertiary alicyclic amines) is 1. The number of nitrogens with zero attached hydrogens (tertiary/aromatic N) is 4. The lowest BCUT2D eigenvalue weighted by atomic mass is 9.92. The van der Waals surface area contributed by atoms with Crippen molar-refractivity contribution in [3.05, 3.63) is 17.3 Å². The van der Waals surface area contributed by atoms with Gasteiger partial charge in [0.15, 0.2) is 0 Å². The number of carbonyl (C=O) groups excluding carboxylic acids is 2. The summed E-state index contributed by atoms with van der Waals surface area (Å²) in [7, 11) is 3.51. The quantitative estimate of drug-likeness (QED) is 0.822. The molecule has 2 amide bonds. The smallest absolute Gasteiger partial charge is 0.309 e. The number of rotatable bonds is 3. The fraction of sp³-hybridized carbons (Fsp3) is 0.722. The number of carbonyl (C=O) groups is 2. The van der Waals surface area contributed by atoms with E-state index in [9.17, 15) is 9.59 Å². The van der Waals surface area contributed by atoms with Gasteiger partial charge in [0.25, 0.3) is 5.89 Å². The minimum absolute atomic E-state index is 0.0690. The zero-order chi connectivity index (χ0) is 18.1. The normalized spacial score (nSPS) is 24.1. The first-order chi connectivity index (χ1) is 11.8. The molecule has 0 saturated carbocycles. The van der Waals surface area contributed by atoms with Crippen LogP contribution in [0.2, 0.25) is 0 Å². The van der Waals surface area contributed by atoms with E-state index in [1.54, 1.807) is 19.0 Å². The van der Waals surface area contributed by atoms with Crippen molar-refractivity contribution < 1.29 is 14.0 Å². The van der Waals surface area contributed by atoms with Crippen LogP contribution in [0.1, 0.15) is 42.4 Å². The number of amides is 2. The van der Waals surface area contributed by atoms with Gasteiger partial charge in [0.1, 0.15) is 5.76 Å². The van der Waals surface area contributed by atoms with Crippen LogP contribution in [0, 0.1) is 11.8 Å². The molecule has 2 aliphatic rings. The van der Waals surface area contributed by atoms with Crippen LogP contribution in [0.25, 0.3) is 0 Å². The molecule has 0 N–H and O–H groups in total. The Balaban J connectivity index is 1.67. The van der Waals surface area contributed by atoms with Crippen molar-refractivity contribution in [2.45, 2.75) is 33.2 Å². The van der Waals surface area contributed by atoms with Gasteiger partial charge < -0.3 is 14.2 Å². The molecule has 2 atom stereocenters. The third kappa shape index (κ3) is 4.03. The van der Waals surface area contributed by atoms with Crippen LogP contribution in [0.4, 0.5) is 0 Å². The van der Waals surface area contributed by atoms with E-state index in [-0.39, 0.29) is 17.7 Å². The highest BCUT2D eigenvalue weighted by atomic mass is 16.4. The second-order valence-corrected chi connectivity index (χ2v) is 7.79. The minimum atomic E-state index is -0.108. The van der Waals surface area contributed by atoms with Crippen LogP contribution in [0.3, 0.4) is 0 Å². The van der Waals surface area contributed by atoms with Gasteiger partial charge in [-0.15, -0.1) is 0 Å². The van der Waals surface area contributed by atoms with Crippen molar-refractivity contribution in [2.75, 3.05) is 40.3 Å². The van der Waals surface area contributed by atoms with E-state index < -0.39 is 0 Å². The molecule has 1 aromatic heterocycles. The number of hydrogen-bond acceptors (Lipinski definition) is 5. The summed E-state index contributed by atoms with van der Waals surface area (Å²) < 4.78 is 5.77. The lowest BCUT2D eigenvalue weighted by Gasteiger charge is -2.34. The fourth-order valence-electron chi connectivity index (χ4n) is 3.78. The summed E-state index contributed by atoms with van der Waals surface area (Å²) in [5.41, 5.74) is 0.791. The van der Waals surface area contributed by atoms with Gasteiger partial charge in [0, 0.05) is 46.7 Å². The van der Waals surface area contributed by atoms with Gasteiger partial charge in [0.2, 0.25) is 5.91 Å². The number of aromatic nitrogens is 1. The molecular formula is C18H28N4O3. The fourth-order valence-corrected chi connectivity index (χ4v) is 3.78. The van der Waals surface area contributed by atoms with E-state index in [1.807, 2.05) is 9.80 Å². The molecule has 0 aromatic carbocycles. The highest BCUT2D eigenvalue weighted by Gasteiger charge is 2.31. The van der Waals surface area contributed by atoms with E-state index in [2.05, 4.69) is 18.8 Å². The van der Waals surface area contributed by atoms with Gasteiger partial charge in [0.05, 0.1) is 12.2 Å². The second kappa shape index (κ2) is 7.15. The van der Waals surface area contributed by atoms with Crippen LogP contribution in [-0.2, 0) is 17.8 Å². The average molecular weight is 348 g/mol. The predicted molar refractivity (Wildman–Crippen MR) is 93.0 cm³/mol. The molecule has 0 bridgehead atoms. The Morgan fingerprint density at radius 1 is 1.24 bits per heavy atom.